The molecule has 100 valence electrons. The Morgan fingerprint density at radius 1 is 1.16 bits per heavy atom. The summed E-state index contributed by atoms with van der Waals surface area (Å²) in [6.07, 6.45) is 1.59. The van der Waals surface area contributed by atoms with Crippen LogP contribution in [0.4, 0.5) is 4.39 Å². The number of nitrogens with zero attached hydrogens (tertiary/aromatic N) is 1. The van der Waals surface area contributed by atoms with Gasteiger partial charge in [-0.05, 0) is 29.2 Å². The Labute approximate surface area is 113 Å². The molecule has 0 aliphatic carbocycles. The molecule has 2 nitrogen and oxygen atoms in total. The number of halogens is 1. The van der Waals surface area contributed by atoms with Gasteiger partial charge in [0, 0.05) is 11.8 Å². The summed E-state index contributed by atoms with van der Waals surface area (Å²) in [5.74, 6) is 0.433. The van der Waals surface area contributed by atoms with Crippen LogP contribution in [-0.2, 0) is 5.41 Å². The topological polar surface area (TPSA) is 22.1 Å². The molecule has 0 aliphatic heterocycles. The quantitative estimate of drug-likeness (QED) is 0.806. The number of aromatic nitrogens is 1. The molecule has 0 bridgehead atoms. The SMILES string of the molecule is COc1cc(-c2ncccc2F)ccc1C(C)(C)C. The molecule has 0 spiro atoms. The van der Waals surface area contributed by atoms with Crippen molar-refractivity contribution in [2.24, 2.45) is 0 Å². The molecule has 3 heteroatoms. The maximum Gasteiger partial charge on any atom is 0.149 e. The van der Waals surface area contributed by atoms with Crippen LogP contribution in [0.15, 0.2) is 36.5 Å². The van der Waals surface area contributed by atoms with E-state index in [0.29, 0.717) is 5.69 Å². The summed E-state index contributed by atoms with van der Waals surface area (Å²) in [5.41, 5.74) is 2.14. The minimum absolute atomic E-state index is 0.0213. The van der Waals surface area contributed by atoms with Crippen LogP contribution in [0.3, 0.4) is 0 Å². The van der Waals surface area contributed by atoms with E-state index in [2.05, 4.69) is 25.8 Å². The molecule has 0 N–H and O–H groups in total. The standard InChI is InChI=1S/C16H18FNO/c1-16(2,3)12-8-7-11(10-14(12)19-4)15-13(17)6-5-9-18-15/h5-10H,1-4H3. The first-order chi connectivity index (χ1) is 8.93. The van der Waals surface area contributed by atoms with Crippen molar-refractivity contribution in [2.45, 2.75) is 26.2 Å². The van der Waals surface area contributed by atoms with Crippen molar-refractivity contribution < 1.29 is 9.13 Å². The van der Waals surface area contributed by atoms with Gasteiger partial charge in [-0.25, -0.2) is 4.39 Å². The summed E-state index contributed by atoms with van der Waals surface area (Å²) in [6, 6.07) is 8.69. The fourth-order valence-corrected chi connectivity index (χ4v) is 2.06. The molecule has 0 radical (unpaired) electrons. The second-order valence-electron chi connectivity index (χ2n) is 5.50. The highest BCUT2D eigenvalue weighted by molar-refractivity contribution is 5.63. The Hall–Kier alpha value is -1.90. The fraction of sp³-hybridized carbons (Fsp3) is 0.312. The molecule has 0 atom stereocenters. The molecule has 1 heterocycles. The van der Waals surface area contributed by atoms with Crippen LogP contribution >= 0.6 is 0 Å². The van der Waals surface area contributed by atoms with E-state index in [-0.39, 0.29) is 11.2 Å². The van der Waals surface area contributed by atoms with Crippen LogP contribution in [0.1, 0.15) is 26.3 Å². The first kappa shape index (κ1) is 13.5. The van der Waals surface area contributed by atoms with E-state index in [1.165, 1.54) is 6.07 Å². The van der Waals surface area contributed by atoms with Crippen LogP contribution in [-0.4, -0.2) is 12.1 Å². The molecular formula is C16H18FNO. The molecule has 0 amide bonds. The predicted octanol–water partition coefficient (Wildman–Crippen LogP) is 4.19. The normalized spacial score (nSPS) is 11.4. The third-order valence-corrected chi connectivity index (χ3v) is 3.04. The first-order valence-electron chi connectivity index (χ1n) is 6.23. The van der Waals surface area contributed by atoms with Crippen molar-refractivity contribution in [3.8, 4) is 17.0 Å². The second-order valence-corrected chi connectivity index (χ2v) is 5.50. The molecule has 0 fully saturated rings. The van der Waals surface area contributed by atoms with Crippen molar-refractivity contribution in [3.05, 3.63) is 47.9 Å². The number of rotatable bonds is 2. The highest BCUT2D eigenvalue weighted by atomic mass is 19.1. The molecule has 0 unspecified atom stereocenters. The second kappa shape index (κ2) is 5.00. The van der Waals surface area contributed by atoms with Crippen LogP contribution in [0.2, 0.25) is 0 Å². The molecule has 19 heavy (non-hydrogen) atoms. The zero-order valence-electron chi connectivity index (χ0n) is 11.7. The van der Waals surface area contributed by atoms with E-state index < -0.39 is 0 Å². The van der Waals surface area contributed by atoms with Gasteiger partial charge < -0.3 is 4.74 Å². The van der Waals surface area contributed by atoms with E-state index >= 15 is 0 Å². The van der Waals surface area contributed by atoms with Gasteiger partial charge >= 0.3 is 0 Å². The Balaban J connectivity index is 2.55. The minimum atomic E-state index is -0.326. The van der Waals surface area contributed by atoms with Gasteiger partial charge in [0.25, 0.3) is 0 Å². The Bertz CT molecular complexity index is 588. The van der Waals surface area contributed by atoms with Gasteiger partial charge in [-0.2, -0.15) is 0 Å². The monoisotopic (exact) mass is 259 g/mol. The highest BCUT2D eigenvalue weighted by Crippen LogP contribution is 2.34. The van der Waals surface area contributed by atoms with Gasteiger partial charge in [-0.1, -0.05) is 32.9 Å². The van der Waals surface area contributed by atoms with Gasteiger partial charge in [-0.3, -0.25) is 4.98 Å². The van der Waals surface area contributed by atoms with E-state index in [4.69, 9.17) is 4.74 Å². The van der Waals surface area contributed by atoms with Gasteiger partial charge in [0.1, 0.15) is 17.3 Å². The van der Waals surface area contributed by atoms with Crippen molar-refractivity contribution in [2.75, 3.05) is 7.11 Å². The van der Waals surface area contributed by atoms with Crippen LogP contribution < -0.4 is 4.74 Å². The van der Waals surface area contributed by atoms with Crippen molar-refractivity contribution in [1.82, 2.24) is 4.98 Å². The summed E-state index contributed by atoms with van der Waals surface area (Å²) in [6.45, 7) is 6.35. The molecule has 1 aromatic heterocycles. The molecule has 2 rings (SSSR count). The molecule has 0 saturated heterocycles. The van der Waals surface area contributed by atoms with Crippen molar-refractivity contribution in [1.29, 1.82) is 0 Å². The summed E-state index contributed by atoms with van der Waals surface area (Å²) in [5, 5.41) is 0. The Morgan fingerprint density at radius 3 is 2.47 bits per heavy atom. The van der Waals surface area contributed by atoms with Gasteiger partial charge in [0.05, 0.1) is 7.11 Å². The first-order valence-corrected chi connectivity index (χ1v) is 6.23. The van der Waals surface area contributed by atoms with Crippen LogP contribution in [0.25, 0.3) is 11.3 Å². The Morgan fingerprint density at radius 2 is 1.89 bits per heavy atom. The lowest BCUT2D eigenvalue weighted by Gasteiger charge is -2.22. The van der Waals surface area contributed by atoms with Crippen molar-refractivity contribution in [3.63, 3.8) is 0 Å². The highest BCUT2D eigenvalue weighted by Gasteiger charge is 2.19. The fourth-order valence-electron chi connectivity index (χ4n) is 2.06. The number of hydrogen-bond acceptors (Lipinski definition) is 2. The number of ether oxygens (including phenoxy) is 1. The van der Waals surface area contributed by atoms with E-state index in [1.807, 2.05) is 18.2 Å². The third-order valence-electron chi connectivity index (χ3n) is 3.04. The van der Waals surface area contributed by atoms with Gasteiger partial charge in [0.2, 0.25) is 0 Å². The maximum atomic E-state index is 13.7. The van der Waals surface area contributed by atoms with Crippen LogP contribution in [0, 0.1) is 5.82 Å². The number of benzene rings is 1. The molecule has 2 aromatic rings. The van der Waals surface area contributed by atoms with Crippen LogP contribution in [0.5, 0.6) is 5.75 Å². The van der Waals surface area contributed by atoms with Crippen molar-refractivity contribution >= 4 is 0 Å². The average molecular weight is 259 g/mol. The summed E-state index contributed by atoms with van der Waals surface area (Å²) >= 11 is 0. The zero-order chi connectivity index (χ0) is 14.0. The molecule has 0 saturated carbocycles. The lowest BCUT2D eigenvalue weighted by Crippen LogP contribution is -2.12. The smallest absolute Gasteiger partial charge is 0.149 e. The van der Waals surface area contributed by atoms with E-state index in [0.717, 1.165) is 16.9 Å². The zero-order valence-corrected chi connectivity index (χ0v) is 11.7. The summed E-state index contributed by atoms with van der Waals surface area (Å²) in [4.78, 5) is 4.09. The summed E-state index contributed by atoms with van der Waals surface area (Å²) < 4.78 is 19.2. The molecule has 1 aromatic carbocycles. The molecular weight excluding hydrogens is 241 g/mol. The predicted molar refractivity (Wildman–Crippen MR) is 74.9 cm³/mol. The minimum Gasteiger partial charge on any atom is -0.496 e. The maximum absolute atomic E-state index is 13.7. The lowest BCUT2D eigenvalue weighted by molar-refractivity contribution is 0.398. The Kier molecular flexibility index (Phi) is 3.56. The average Bonchev–Trinajstić information content (AvgIpc) is 2.37. The number of pyridine rings is 1. The van der Waals surface area contributed by atoms with Gasteiger partial charge in [0.15, 0.2) is 0 Å². The summed E-state index contributed by atoms with van der Waals surface area (Å²) in [7, 11) is 1.63. The number of methoxy groups -OCH3 is 1. The molecule has 0 aliphatic rings. The van der Waals surface area contributed by atoms with E-state index in [9.17, 15) is 4.39 Å². The largest absolute Gasteiger partial charge is 0.496 e. The van der Waals surface area contributed by atoms with Gasteiger partial charge in [-0.15, -0.1) is 0 Å². The lowest BCUT2D eigenvalue weighted by atomic mass is 9.85. The third kappa shape index (κ3) is 2.75. The number of hydrogen-bond donors (Lipinski definition) is 0. The van der Waals surface area contributed by atoms with E-state index in [1.54, 1.807) is 19.4 Å².